The Kier molecular flexibility index (Phi) is 7.57. The lowest BCUT2D eigenvalue weighted by molar-refractivity contribution is -0.123. The summed E-state index contributed by atoms with van der Waals surface area (Å²) in [6, 6.07) is 6.75. The third kappa shape index (κ3) is 5.51. The maximum atomic E-state index is 12.4. The summed E-state index contributed by atoms with van der Waals surface area (Å²) in [5.41, 5.74) is 0.588. The SMILES string of the molecule is CCOC1CCN(CC(=O)NCc2ccccc2S(=O)(=O)N(C)C)CC1. The lowest BCUT2D eigenvalue weighted by Gasteiger charge is -2.31. The van der Waals surface area contributed by atoms with Crippen LogP contribution in [-0.2, 0) is 26.1 Å². The molecule has 1 amide bonds. The highest BCUT2D eigenvalue weighted by Gasteiger charge is 2.22. The number of ether oxygens (including phenoxy) is 1. The second-order valence-corrected chi connectivity index (χ2v) is 8.72. The van der Waals surface area contributed by atoms with Crippen molar-refractivity contribution in [3.05, 3.63) is 29.8 Å². The summed E-state index contributed by atoms with van der Waals surface area (Å²) < 4.78 is 31.6. The third-order valence-corrected chi connectivity index (χ3v) is 6.43. The van der Waals surface area contributed by atoms with Crippen LogP contribution in [0.15, 0.2) is 29.2 Å². The van der Waals surface area contributed by atoms with Gasteiger partial charge in [0.1, 0.15) is 0 Å². The predicted octanol–water partition coefficient (Wildman–Crippen LogP) is 1.05. The number of amides is 1. The summed E-state index contributed by atoms with van der Waals surface area (Å²) in [7, 11) is -0.543. The summed E-state index contributed by atoms with van der Waals surface area (Å²) in [6.07, 6.45) is 2.17. The second-order valence-electron chi connectivity index (χ2n) is 6.60. The van der Waals surface area contributed by atoms with Gasteiger partial charge in [-0.05, 0) is 31.4 Å². The van der Waals surface area contributed by atoms with Crippen molar-refractivity contribution in [2.45, 2.75) is 37.3 Å². The highest BCUT2D eigenvalue weighted by molar-refractivity contribution is 7.89. The molecule has 26 heavy (non-hydrogen) atoms. The van der Waals surface area contributed by atoms with Gasteiger partial charge in [-0.1, -0.05) is 18.2 Å². The van der Waals surface area contributed by atoms with Crippen molar-refractivity contribution in [2.24, 2.45) is 0 Å². The van der Waals surface area contributed by atoms with Gasteiger partial charge < -0.3 is 10.1 Å². The van der Waals surface area contributed by atoms with Crippen molar-refractivity contribution in [2.75, 3.05) is 40.3 Å². The zero-order chi connectivity index (χ0) is 19.2. The van der Waals surface area contributed by atoms with Crippen LogP contribution >= 0.6 is 0 Å². The Morgan fingerprint density at radius 2 is 1.92 bits per heavy atom. The quantitative estimate of drug-likeness (QED) is 0.726. The van der Waals surface area contributed by atoms with E-state index in [2.05, 4.69) is 10.2 Å². The zero-order valence-corrected chi connectivity index (χ0v) is 16.6. The average molecular weight is 384 g/mol. The molecule has 0 bridgehead atoms. The van der Waals surface area contributed by atoms with Gasteiger partial charge in [-0.3, -0.25) is 9.69 Å². The summed E-state index contributed by atoms with van der Waals surface area (Å²) in [5.74, 6) is -0.100. The first-order valence-corrected chi connectivity index (χ1v) is 10.4. The first kappa shape index (κ1) is 20.8. The first-order valence-electron chi connectivity index (χ1n) is 8.95. The molecule has 7 nitrogen and oxygen atoms in total. The number of rotatable bonds is 8. The molecule has 1 fully saturated rings. The van der Waals surface area contributed by atoms with Crippen LogP contribution in [0.1, 0.15) is 25.3 Å². The summed E-state index contributed by atoms with van der Waals surface area (Å²) in [6.45, 7) is 4.90. The molecule has 0 aromatic heterocycles. The Morgan fingerprint density at radius 1 is 1.27 bits per heavy atom. The smallest absolute Gasteiger partial charge is 0.242 e. The molecule has 1 heterocycles. The standard InChI is InChI=1S/C18H29N3O4S/c1-4-25-16-9-11-21(12-10-16)14-18(22)19-13-15-7-5-6-8-17(15)26(23,24)20(2)3/h5-8,16H,4,9-14H2,1-3H3,(H,19,22). The van der Waals surface area contributed by atoms with Crippen LogP contribution < -0.4 is 5.32 Å². The van der Waals surface area contributed by atoms with Gasteiger partial charge in [0.05, 0.1) is 17.5 Å². The number of carbonyl (C=O) groups is 1. The minimum absolute atomic E-state index is 0.100. The van der Waals surface area contributed by atoms with Gasteiger partial charge in [-0.15, -0.1) is 0 Å². The topological polar surface area (TPSA) is 79.0 Å². The lowest BCUT2D eigenvalue weighted by Crippen LogP contribution is -2.43. The molecule has 0 spiro atoms. The Balaban J connectivity index is 1.89. The van der Waals surface area contributed by atoms with Crippen LogP contribution in [0.4, 0.5) is 0 Å². The molecule has 1 N–H and O–H groups in total. The highest BCUT2D eigenvalue weighted by atomic mass is 32.2. The lowest BCUT2D eigenvalue weighted by atomic mass is 10.1. The third-order valence-electron chi connectivity index (χ3n) is 4.51. The fourth-order valence-corrected chi connectivity index (χ4v) is 4.14. The Labute approximate surface area is 156 Å². The molecule has 0 radical (unpaired) electrons. The molecule has 0 unspecified atom stereocenters. The number of piperidine rings is 1. The maximum absolute atomic E-state index is 12.4. The molecule has 8 heteroatoms. The Hall–Kier alpha value is -1.48. The highest BCUT2D eigenvalue weighted by Crippen LogP contribution is 2.18. The summed E-state index contributed by atoms with van der Waals surface area (Å²) >= 11 is 0. The number of carbonyl (C=O) groups excluding carboxylic acids is 1. The number of likely N-dealkylation sites (tertiary alicyclic amines) is 1. The van der Waals surface area contributed by atoms with E-state index < -0.39 is 10.0 Å². The molecule has 2 rings (SSSR count). The van der Waals surface area contributed by atoms with Crippen LogP contribution in [0.5, 0.6) is 0 Å². The average Bonchev–Trinajstić information content (AvgIpc) is 2.62. The van der Waals surface area contributed by atoms with Crippen LogP contribution in [0.25, 0.3) is 0 Å². The molecule has 1 aromatic carbocycles. The Bertz CT molecular complexity index is 698. The number of benzene rings is 1. The van der Waals surface area contributed by atoms with E-state index in [9.17, 15) is 13.2 Å². The normalized spacial score (nSPS) is 16.8. The van der Waals surface area contributed by atoms with E-state index in [-0.39, 0.29) is 17.3 Å². The number of nitrogens with zero attached hydrogens (tertiary/aromatic N) is 2. The van der Waals surface area contributed by atoms with Crippen LogP contribution in [0.2, 0.25) is 0 Å². The summed E-state index contributed by atoms with van der Waals surface area (Å²) in [4.78, 5) is 14.6. The molecule has 1 saturated heterocycles. The monoisotopic (exact) mass is 383 g/mol. The van der Waals surface area contributed by atoms with Gasteiger partial charge in [-0.25, -0.2) is 12.7 Å². The van der Waals surface area contributed by atoms with E-state index in [1.807, 2.05) is 6.92 Å². The zero-order valence-electron chi connectivity index (χ0n) is 15.8. The minimum atomic E-state index is -3.54. The fourth-order valence-electron chi connectivity index (χ4n) is 3.02. The largest absolute Gasteiger partial charge is 0.378 e. The maximum Gasteiger partial charge on any atom is 0.242 e. The van der Waals surface area contributed by atoms with Crippen molar-refractivity contribution < 1.29 is 17.9 Å². The minimum Gasteiger partial charge on any atom is -0.378 e. The van der Waals surface area contributed by atoms with Gasteiger partial charge in [0.15, 0.2) is 0 Å². The van der Waals surface area contributed by atoms with Crippen molar-refractivity contribution in [3.63, 3.8) is 0 Å². The van der Waals surface area contributed by atoms with Crippen molar-refractivity contribution in [1.82, 2.24) is 14.5 Å². The first-order chi connectivity index (χ1) is 12.3. The van der Waals surface area contributed by atoms with E-state index in [1.54, 1.807) is 24.3 Å². The van der Waals surface area contributed by atoms with Crippen molar-refractivity contribution >= 4 is 15.9 Å². The molecule has 0 saturated carbocycles. The molecule has 1 aromatic rings. The number of sulfonamides is 1. The second kappa shape index (κ2) is 9.45. The van der Waals surface area contributed by atoms with Crippen LogP contribution in [0.3, 0.4) is 0 Å². The van der Waals surface area contributed by atoms with Gasteiger partial charge >= 0.3 is 0 Å². The number of nitrogens with one attached hydrogen (secondary N) is 1. The van der Waals surface area contributed by atoms with Crippen LogP contribution in [-0.4, -0.2) is 70.0 Å². The molecule has 146 valence electrons. The van der Waals surface area contributed by atoms with E-state index in [0.717, 1.165) is 32.5 Å². The molecule has 0 aliphatic carbocycles. The van der Waals surface area contributed by atoms with Gasteiger partial charge in [0, 0.05) is 40.3 Å². The predicted molar refractivity (Wildman–Crippen MR) is 100 cm³/mol. The van der Waals surface area contributed by atoms with Crippen molar-refractivity contribution in [1.29, 1.82) is 0 Å². The molecule has 1 aliphatic heterocycles. The van der Waals surface area contributed by atoms with E-state index in [4.69, 9.17) is 4.74 Å². The number of hydrogen-bond acceptors (Lipinski definition) is 5. The molecule has 1 aliphatic rings. The van der Waals surface area contributed by atoms with Gasteiger partial charge in [0.2, 0.25) is 15.9 Å². The van der Waals surface area contributed by atoms with Gasteiger partial charge in [-0.2, -0.15) is 0 Å². The van der Waals surface area contributed by atoms with E-state index >= 15 is 0 Å². The van der Waals surface area contributed by atoms with Gasteiger partial charge in [0.25, 0.3) is 0 Å². The molecular weight excluding hydrogens is 354 g/mol. The fraction of sp³-hybridized carbons (Fsp3) is 0.611. The molecule has 0 atom stereocenters. The Morgan fingerprint density at radius 3 is 2.54 bits per heavy atom. The van der Waals surface area contributed by atoms with Crippen LogP contribution in [0, 0.1) is 0 Å². The number of hydrogen-bond donors (Lipinski definition) is 1. The van der Waals surface area contributed by atoms with Crippen molar-refractivity contribution in [3.8, 4) is 0 Å². The van der Waals surface area contributed by atoms with E-state index in [0.29, 0.717) is 18.2 Å². The molecular formula is C18H29N3O4S. The summed E-state index contributed by atoms with van der Waals surface area (Å²) in [5, 5.41) is 2.84. The van der Waals surface area contributed by atoms with E-state index in [1.165, 1.54) is 18.4 Å².